The number of allylic oxidation sites excluding steroid dienone is 1. The lowest BCUT2D eigenvalue weighted by atomic mass is 10.1. The van der Waals surface area contributed by atoms with Crippen molar-refractivity contribution in [2.75, 3.05) is 18.2 Å². The summed E-state index contributed by atoms with van der Waals surface area (Å²) in [7, 11) is 1.53. The van der Waals surface area contributed by atoms with Crippen LogP contribution >= 0.6 is 11.8 Å². The van der Waals surface area contributed by atoms with E-state index in [4.69, 9.17) is 9.84 Å². The van der Waals surface area contributed by atoms with Gasteiger partial charge in [0.05, 0.1) is 12.9 Å². The summed E-state index contributed by atoms with van der Waals surface area (Å²) in [5.41, 5.74) is 2.79. The average Bonchev–Trinajstić information content (AvgIpc) is 2.66. The molecule has 0 unspecified atom stereocenters. The van der Waals surface area contributed by atoms with E-state index in [9.17, 15) is 14.4 Å². The summed E-state index contributed by atoms with van der Waals surface area (Å²) in [6.45, 7) is 1.44. The first-order valence-corrected chi connectivity index (χ1v) is 9.61. The predicted molar refractivity (Wildman–Crippen MR) is 111 cm³/mol. The zero-order valence-electron chi connectivity index (χ0n) is 15.6. The number of methoxy groups -OCH3 is 1. The number of anilines is 1. The molecule has 28 heavy (non-hydrogen) atoms. The normalized spacial score (nSPS) is 10.6. The van der Waals surface area contributed by atoms with E-state index >= 15 is 0 Å². The average molecular weight is 399 g/mol. The Bertz CT molecular complexity index is 890. The number of hydrogen-bond donors (Lipinski definition) is 2. The van der Waals surface area contributed by atoms with Gasteiger partial charge in [-0.05, 0) is 42.0 Å². The molecule has 0 heterocycles. The van der Waals surface area contributed by atoms with Crippen LogP contribution < -0.4 is 10.1 Å². The van der Waals surface area contributed by atoms with E-state index in [1.807, 2.05) is 0 Å². The molecular formula is C21H21NO5S. The Balaban J connectivity index is 2.09. The molecule has 0 atom stereocenters. The van der Waals surface area contributed by atoms with Gasteiger partial charge in [-0.15, -0.1) is 11.8 Å². The Morgan fingerprint density at radius 3 is 2.46 bits per heavy atom. The molecule has 2 rings (SSSR count). The molecule has 0 bridgehead atoms. The number of aliphatic carboxylic acids is 1. The van der Waals surface area contributed by atoms with Crippen LogP contribution in [0.1, 0.15) is 28.4 Å². The van der Waals surface area contributed by atoms with Crippen molar-refractivity contribution in [3.05, 3.63) is 65.2 Å². The predicted octanol–water partition coefficient (Wildman–Crippen LogP) is 3.87. The monoisotopic (exact) mass is 399 g/mol. The number of carboxylic acid groups (broad SMARTS) is 1. The number of rotatable bonds is 9. The van der Waals surface area contributed by atoms with Crippen molar-refractivity contribution in [3.63, 3.8) is 0 Å². The minimum atomic E-state index is -0.886. The number of benzene rings is 2. The number of carbonyl (C=O) groups excluding carboxylic acids is 2. The third-order valence-electron chi connectivity index (χ3n) is 3.71. The summed E-state index contributed by atoms with van der Waals surface area (Å²) in [5, 5.41) is 11.4. The molecule has 0 saturated heterocycles. The Labute approximate surface area is 167 Å². The minimum absolute atomic E-state index is 0.0181. The Kier molecular flexibility index (Phi) is 7.83. The molecule has 0 aromatic heterocycles. The topological polar surface area (TPSA) is 92.7 Å². The lowest BCUT2D eigenvalue weighted by molar-refractivity contribution is -0.133. The van der Waals surface area contributed by atoms with Gasteiger partial charge in [-0.1, -0.05) is 18.2 Å². The van der Waals surface area contributed by atoms with Gasteiger partial charge in [-0.2, -0.15) is 0 Å². The molecule has 2 aromatic rings. The second-order valence-electron chi connectivity index (χ2n) is 5.91. The summed E-state index contributed by atoms with van der Waals surface area (Å²) in [4.78, 5) is 34.2. The second kappa shape index (κ2) is 10.3. The first kappa shape index (κ1) is 21.2. The van der Waals surface area contributed by atoms with Crippen LogP contribution in [0.5, 0.6) is 5.75 Å². The highest BCUT2D eigenvalue weighted by Gasteiger charge is 2.09. The molecule has 0 radical (unpaired) electrons. The van der Waals surface area contributed by atoms with Crippen molar-refractivity contribution in [1.82, 2.24) is 0 Å². The van der Waals surface area contributed by atoms with E-state index in [0.717, 1.165) is 11.1 Å². The van der Waals surface area contributed by atoms with Gasteiger partial charge in [-0.3, -0.25) is 14.4 Å². The van der Waals surface area contributed by atoms with Gasteiger partial charge in [-0.25, -0.2) is 0 Å². The summed E-state index contributed by atoms with van der Waals surface area (Å²) < 4.78 is 5.29. The third kappa shape index (κ3) is 6.59. The fourth-order valence-electron chi connectivity index (χ4n) is 2.44. The molecule has 0 aliphatic rings. The van der Waals surface area contributed by atoms with E-state index < -0.39 is 5.97 Å². The van der Waals surface area contributed by atoms with Crippen molar-refractivity contribution in [2.24, 2.45) is 0 Å². The smallest absolute Gasteiger partial charge is 0.313 e. The molecule has 146 valence electrons. The lowest BCUT2D eigenvalue weighted by Crippen LogP contribution is -2.05. The highest BCUT2D eigenvalue weighted by molar-refractivity contribution is 7.99. The van der Waals surface area contributed by atoms with Gasteiger partial charge in [0.2, 0.25) is 5.91 Å². The maximum atomic E-state index is 12.5. The first-order chi connectivity index (χ1) is 13.4. The van der Waals surface area contributed by atoms with Crippen molar-refractivity contribution in [3.8, 4) is 5.75 Å². The number of carbonyl (C=O) groups is 3. The third-order valence-corrected chi connectivity index (χ3v) is 4.67. The summed E-state index contributed by atoms with van der Waals surface area (Å²) in [5.74, 6) is -0.162. The summed E-state index contributed by atoms with van der Waals surface area (Å²) >= 11 is 1.24. The SMILES string of the molecule is COc1ccc(C(=O)C=Cc2ccc(NC(C)=O)cc2)cc1CSCC(=O)O. The van der Waals surface area contributed by atoms with E-state index in [1.165, 1.54) is 31.9 Å². The summed E-state index contributed by atoms with van der Waals surface area (Å²) in [6.07, 6.45) is 3.17. The summed E-state index contributed by atoms with van der Waals surface area (Å²) in [6, 6.07) is 12.2. The van der Waals surface area contributed by atoms with Crippen LogP contribution in [-0.2, 0) is 15.3 Å². The molecular weight excluding hydrogens is 378 g/mol. The van der Waals surface area contributed by atoms with Crippen LogP contribution in [0.15, 0.2) is 48.5 Å². The molecule has 0 fully saturated rings. The van der Waals surface area contributed by atoms with Gasteiger partial charge in [0.25, 0.3) is 0 Å². The molecule has 0 spiro atoms. The van der Waals surface area contributed by atoms with Crippen LogP contribution in [0.3, 0.4) is 0 Å². The Hall–Kier alpha value is -3.06. The molecule has 0 saturated carbocycles. The number of nitrogens with one attached hydrogen (secondary N) is 1. The molecule has 2 N–H and O–H groups in total. The molecule has 6 nitrogen and oxygen atoms in total. The van der Waals surface area contributed by atoms with E-state index in [0.29, 0.717) is 22.8 Å². The highest BCUT2D eigenvalue weighted by Crippen LogP contribution is 2.25. The molecule has 0 aliphatic carbocycles. The maximum Gasteiger partial charge on any atom is 0.313 e. The minimum Gasteiger partial charge on any atom is -0.496 e. The van der Waals surface area contributed by atoms with Gasteiger partial charge in [0.15, 0.2) is 5.78 Å². The molecule has 2 aromatic carbocycles. The fourth-order valence-corrected chi connectivity index (χ4v) is 3.16. The fraction of sp³-hybridized carbons (Fsp3) is 0.190. The van der Waals surface area contributed by atoms with Gasteiger partial charge in [0, 0.05) is 29.5 Å². The molecule has 7 heteroatoms. The molecule has 0 aliphatic heterocycles. The van der Waals surface area contributed by atoms with Gasteiger partial charge < -0.3 is 15.2 Å². The Morgan fingerprint density at radius 2 is 1.86 bits per heavy atom. The van der Waals surface area contributed by atoms with Gasteiger partial charge >= 0.3 is 5.97 Å². The van der Waals surface area contributed by atoms with Crippen LogP contribution in [0.4, 0.5) is 5.69 Å². The number of thioether (sulfide) groups is 1. The van der Waals surface area contributed by atoms with Crippen molar-refractivity contribution in [1.29, 1.82) is 0 Å². The van der Waals surface area contributed by atoms with E-state index in [1.54, 1.807) is 48.5 Å². The highest BCUT2D eigenvalue weighted by atomic mass is 32.2. The van der Waals surface area contributed by atoms with Crippen molar-refractivity contribution in [2.45, 2.75) is 12.7 Å². The van der Waals surface area contributed by atoms with Crippen molar-refractivity contribution < 1.29 is 24.2 Å². The Morgan fingerprint density at radius 1 is 1.14 bits per heavy atom. The second-order valence-corrected chi connectivity index (χ2v) is 6.90. The van der Waals surface area contributed by atoms with Crippen LogP contribution in [0.2, 0.25) is 0 Å². The quantitative estimate of drug-likeness (QED) is 0.491. The lowest BCUT2D eigenvalue weighted by Gasteiger charge is -2.09. The maximum absolute atomic E-state index is 12.5. The number of amides is 1. The molecule has 1 amide bonds. The van der Waals surface area contributed by atoms with Crippen LogP contribution in [-0.4, -0.2) is 35.6 Å². The van der Waals surface area contributed by atoms with E-state index in [2.05, 4.69) is 5.32 Å². The van der Waals surface area contributed by atoms with Crippen LogP contribution in [0, 0.1) is 0 Å². The largest absolute Gasteiger partial charge is 0.496 e. The van der Waals surface area contributed by atoms with Crippen molar-refractivity contribution >= 4 is 41.2 Å². The standard InChI is InChI=1S/C21H21NO5S/c1-14(23)22-18-7-3-15(4-8-18)5-9-19(24)16-6-10-20(27-2)17(11-16)12-28-13-21(25)26/h3-11H,12-13H2,1-2H3,(H,22,23)(H,25,26). The van der Waals surface area contributed by atoms with Crippen LogP contribution in [0.25, 0.3) is 6.08 Å². The van der Waals surface area contributed by atoms with E-state index in [-0.39, 0.29) is 17.4 Å². The number of carboxylic acids is 1. The number of hydrogen-bond acceptors (Lipinski definition) is 5. The van der Waals surface area contributed by atoms with Gasteiger partial charge in [0.1, 0.15) is 5.75 Å². The zero-order chi connectivity index (χ0) is 20.5. The number of ketones is 1. The zero-order valence-corrected chi connectivity index (χ0v) is 16.4. The first-order valence-electron chi connectivity index (χ1n) is 8.45. The number of ether oxygens (including phenoxy) is 1.